The van der Waals surface area contributed by atoms with Gasteiger partial charge in [-0.2, -0.15) is 0 Å². The number of nitrogens with zero attached hydrogens (tertiary/aromatic N) is 2. The van der Waals surface area contributed by atoms with Gasteiger partial charge in [-0.15, -0.1) is 0 Å². The lowest BCUT2D eigenvalue weighted by Gasteiger charge is -2.34. The molecule has 226 valence electrons. The number of aryl methyl sites for hydroxylation is 3. The molecule has 0 aliphatic carbocycles. The van der Waals surface area contributed by atoms with Gasteiger partial charge in [-0.25, -0.2) is 8.42 Å². The van der Waals surface area contributed by atoms with Gasteiger partial charge in [-0.3, -0.25) is 13.9 Å². The number of rotatable bonds is 12. The highest BCUT2D eigenvalue weighted by Crippen LogP contribution is 2.28. The molecule has 3 aromatic carbocycles. The number of anilines is 1. The highest BCUT2D eigenvalue weighted by Gasteiger charge is 2.34. The van der Waals surface area contributed by atoms with Crippen LogP contribution in [0.25, 0.3) is 0 Å². The maximum atomic E-state index is 14.2. The van der Waals surface area contributed by atoms with E-state index in [4.69, 9.17) is 23.2 Å². The lowest BCUT2D eigenvalue weighted by atomic mass is 10.1. The predicted octanol–water partition coefficient (Wildman–Crippen LogP) is 6.84. The first kappa shape index (κ1) is 33.4. The second-order valence-corrected chi connectivity index (χ2v) is 13.3. The van der Waals surface area contributed by atoms with E-state index in [9.17, 15) is 18.0 Å². The smallest absolute Gasteiger partial charge is 0.264 e. The van der Waals surface area contributed by atoms with Crippen molar-refractivity contribution in [3.63, 3.8) is 0 Å². The number of hydrogen-bond acceptors (Lipinski definition) is 4. The number of benzene rings is 3. The molecule has 10 heteroatoms. The molecular weight excluding hydrogens is 593 g/mol. The van der Waals surface area contributed by atoms with E-state index >= 15 is 0 Å². The Morgan fingerprint density at radius 3 is 2.10 bits per heavy atom. The molecule has 0 heterocycles. The Balaban J connectivity index is 2.10. The highest BCUT2D eigenvalue weighted by molar-refractivity contribution is 7.92. The molecule has 3 rings (SSSR count). The molecule has 0 fully saturated rings. The van der Waals surface area contributed by atoms with Gasteiger partial charge in [0.2, 0.25) is 11.8 Å². The van der Waals surface area contributed by atoms with Gasteiger partial charge in [-0.05, 0) is 93.6 Å². The Bertz CT molecular complexity index is 1530. The summed E-state index contributed by atoms with van der Waals surface area (Å²) in [6.45, 7) is 10.9. The molecule has 0 aliphatic rings. The monoisotopic (exact) mass is 631 g/mol. The summed E-state index contributed by atoms with van der Waals surface area (Å²) in [4.78, 5) is 29.1. The van der Waals surface area contributed by atoms with Crippen molar-refractivity contribution in [3.8, 4) is 0 Å². The second kappa shape index (κ2) is 14.4. The molecule has 2 amide bonds. The van der Waals surface area contributed by atoms with E-state index in [0.717, 1.165) is 27.4 Å². The first-order chi connectivity index (χ1) is 19.8. The van der Waals surface area contributed by atoms with E-state index in [1.54, 1.807) is 42.5 Å². The predicted molar refractivity (Wildman–Crippen MR) is 171 cm³/mol. The molecule has 0 saturated carbocycles. The van der Waals surface area contributed by atoms with Crippen molar-refractivity contribution in [3.05, 3.63) is 93.0 Å². The molecule has 0 spiro atoms. The van der Waals surface area contributed by atoms with E-state index in [0.29, 0.717) is 27.7 Å². The first-order valence-electron chi connectivity index (χ1n) is 14.0. The van der Waals surface area contributed by atoms with Gasteiger partial charge in [0, 0.05) is 12.6 Å². The van der Waals surface area contributed by atoms with Gasteiger partial charge < -0.3 is 10.2 Å². The van der Waals surface area contributed by atoms with Gasteiger partial charge in [0.15, 0.2) is 0 Å². The van der Waals surface area contributed by atoms with E-state index in [-0.39, 0.29) is 23.4 Å². The molecule has 0 bridgehead atoms. The van der Waals surface area contributed by atoms with Crippen LogP contribution >= 0.6 is 23.2 Å². The van der Waals surface area contributed by atoms with Crippen LogP contribution in [0.5, 0.6) is 0 Å². The summed E-state index contributed by atoms with van der Waals surface area (Å²) < 4.78 is 29.2. The zero-order chi connectivity index (χ0) is 31.2. The van der Waals surface area contributed by atoms with Crippen LogP contribution in [0.1, 0.15) is 55.9 Å². The van der Waals surface area contributed by atoms with E-state index in [1.165, 1.54) is 17.0 Å². The fourth-order valence-electron chi connectivity index (χ4n) is 4.44. The minimum Gasteiger partial charge on any atom is -0.352 e. The Labute approximate surface area is 259 Å². The average Bonchev–Trinajstić information content (AvgIpc) is 2.95. The fraction of sp³-hybridized carbons (Fsp3) is 0.375. The van der Waals surface area contributed by atoms with E-state index < -0.39 is 28.5 Å². The number of hydrogen-bond donors (Lipinski definition) is 1. The summed E-state index contributed by atoms with van der Waals surface area (Å²) in [5, 5.41) is 3.65. The molecule has 2 atom stereocenters. The maximum Gasteiger partial charge on any atom is 0.264 e. The van der Waals surface area contributed by atoms with Crippen molar-refractivity contribution in [2.24, 2.45) is 0 Å². The number of halogens is 2. The highest BCUT2D eigenvalue weighted by atomic mass is 35.5. The van der Waals surface area contributed by atoms with Crippen LogP contribution in [-0.2, 0) is 26.2 Å². The van der Waals surface area contributed by atoms with Crippen molar-refractivity contribution < 1.29 is 18.0 Å². The van der Waals surface area contributed by atoms with Crippen LogP contribution in [-0.4, -0.2) is 43.8 Å². The van der Waals surface area contributed by atoms with Crippen LogP contribution in [0, 0.1) is 20.8 Å². The Morgan fingerprint density at radius 2 is 1.52 bits per heavy atom. The number of amides is 2. The molecule has 0 unspecified atom stereocenters. The van der Waals surface area contributed by atoms with Crippen LogP contribution in [0.15, 0.2) is 65.6 Å². The molecule has 3 aromatic rings. The van der Waals surface area contributed by atoms with Crippen molar-refractivity contribution in [1.29, 1.82) is 0 Å². The molecule has 0 aliphatic heterocycles. The summed E-state index contributed by atoms with van der Waals surface area (Å²) in [5.74, 6) is -0.833. The molecule has 0 radical (unpaired) electrons. The van der Waals surface area contributed by atoms with Crippen molar-refractivity contribution >= 4 is 50.7 Å². The number of sulfonamides is 1. The number of carbonyl (C=O) groups excluding carboxylic acids is 2. The van der Waals surface area contributed by atoms with Gasteiger partial charge >= 0.3 is 0 Å². The summed E-state index contributed by atoms with van der Waals surface area (Å²) >= 11 is 12.4. The molecule has 0 saturated heterocycles. The fourth-order valence-corrected chi connectivity index (χ4v) is 6.17. The van der Waals surface area contributed by atoms with E-state index in [2.05, 4.69) is 5.32 Å². The number of nitrogens with one attached hydrogen (secondary N) is 1. The zero-order valence-electron chi connectivity index (χ0n) is 24.9. The van der Waals surface area contributed by atoms with Crippen molar-refractivity contribution in [1.82, 2.24) is 10.2 Å². The SMILES string of the molecule is CC[C@H](C)NC(=O)[C@H](CC)N(Cc1ccc(Cl)c(Cl)c1)C(=O)CN(c1ccc(C)c(C)c1)S(=O)(=O)c1ccc(C)cc1. The topological polar surface area (TPSA) is 86.8 Å². The summed E-state index contributed by atoms with van der Waals surface area (Å²) in [6.07, 6.45) is 1.04. The molecule has 7 nitrogen and oxygen atoms in total. The molecule has 1 N–H and O–H groups in total. The number of carbonyl (C=O) groups is 2. The van der Waals surface area contributed by atoms with Gasteiger partial charge in [0.1, 0.15) is 12.6 Å². The minimum atomic E-state index is -4.14. The third-order valence-corrected chi connectivity index (χ3v) is 9.92. The van der Waals surface area contributed by atoms with Crippen LogP contribution in [0.4, 0.5) is 5.69 Å². The molecular formula is C32H39Cl2N3O4S. The van der Waals surface area contributed by atoms with Gasteiger partial charge in [0.05, 0.1) is 20.6 Å². The Morgan fingerprint density at radius 1 is 0.857 bits per heavy atom. The zero-order valence-corrected chi connectivity index (χ0v) is 27.3. The lowest BCUT2D eigenvalue weighted by Crippen LogP contribution is -2.53. The third-order valence-electron chi connectivity index (χ3n) is 7.39. The first-order valence-corrected chi connectivity index (χ1v) is 16.2. The summed E-state index contributed by atoms with van der Waals surface area (Å²) in [7, 11) is -4.14. The molecule has 0 aromatic heterocycles. The third kappa shape index (κ3) is 8.06. The second-order valence-electron chi connectivity index (χ2n) is 10.6. The van der Waals surface area contributed by atoms with Gasteiger partial charge in [-0.1, -0.05) is 66.9 Å². The average molecular weight is 633 g/mol. The van der Waals surface area contributed by atoms with Crippen LogP contribution < -0.4 is 9.62 Å². The largest absolute Gasteiger partial charge is 0.352 e. The van der Waals surface area contributed by atoms with Crippen molar-refractivity contribution in [2.45, 2.75) is 77.9 Å². The quantitative estimate of drug-likeness (QED) is 0.237. The standard InChI is InChI=1S/C32H39Cl2N3O4S/c1-7-24(6)35-32(39)30(8-2)36(19-25-12-16-28(33)29(34)18-25)31(38)20-37(26-13-11-22(4)23(5)17-26)42(40,41)27-14-9-21(3)10-15-27/h9-18,24,30H,7-8,19-20H2,1-6H3,(H,35,39)/t24-,30-/m0/s1. The lowest BCUT2D eigenvalue weighted by molar-refractivity contribution is -0.140. The Kier molecular flexibility index (Phi) is 11.5. The summed E-state index contributed by atoms with van der Waals surface area (Å²) in [6, 6.07) is 15.9. The van der Waals surface area contributed by atoms with Crippen molar-refractivity contribution in [2.75, 3.05) is 10.8 Å². The minimum absolute atomic E-state index is 0.0352. The van der Waals surface area contributed by atoms with Gasteiger partial charge in [0.25, 0.3) is 10.0 Å². The summed E-state index contributed by atoms with van der Waals surface area (Å²) in [5.41, 5.74) is 3.81. The van der Waals surface area contributed by atoms with E-state index in [1.807, 2.05) is 47.6 Å². The normalized spacial score (nSPS) is 12.9. The Hall–Kier alpha value is -3.07. The molecule has 42 heavy (non-hydrogen) atoms. The van der Waals surface area contributed by atoms with Crippen LogP contribution in [0.3, 0.4) is 0 Å². The van der Waals surface area contributed by atoms with Crippen LogP contribution in [0.2, 0.25) is 10.0 Å². The maximum absolute atomic E-state index is 14.2.